The highest BCUT2D eigenvalue weighted by Gasteiger charge is 2.48. The quantitative estimate of drug-likeness (QED) is 0.494. The number of halogens is 1. The number of carbonyl (C=O) groups is 2. The second-order valence-corrected chi connectivity index (χ2v) is 10.4. The average molecular weight is 532 g/mol. The van der Waals surface area contributed by atoms with Gasteiger partial charge in [-0.05, 0) is 59.5 Å². The highest BCUT2D eigenvalue weighted by Crippen LogP contribution is 2.49. The summed E-state index contributed by atoms with van der Waals surface area (Å²) >= 11 is 6.21. The van der Waals surface area contributed by atoms with E-state index in [1.807, 2.05) is 70.5 Å². The third kappa shape index (κ3) is 4.06. The van der Waals surface area contributed by atoms with E-state index in [-0.39, 0.29) is 11.8 Å². The van der Waals surface area contributed by atoms with E-state index in [1.165, 1.54) is 0 Å². The van der Waals surface area contributed by atoms with E-state index in [0.29, 0.717) is 48.1 Å². The number of benzene rings is 3. The Morgan fingerprint density at radius 1 is 0.868 bits per heavy atom. The molecule has 3 heterocycles. The molecule has 0 radical (unpaired) electrons. The summed E-state index contributed by atoms with van der Waals surface area (Å²) in [6.45, 7) is 3.18. The van der Waals surface area contributed by atoms with Crippen molar-refractivity contribution in [2.24, 2.45) is 0 Å². The van der Waals surface area contributed by atoms with Crippen LogP contribution in [-0.4, -0.2) is 68.6 Å². The fourth-order valence-electron chi connectivity index (χ4n) is 6.17. The number of hydrogen-bond acceptors (Lipinski definition) is 5. The number of carbonyl (C=O) groups excluding carboxylic acids is 2. The molecule has 0 aromatic heterocycles. The van der Waals surface area contributed by atoms with Crippen molar-refractivity contribution in [2.75, 3.05) is 51.8 Å². The summed E-state index contributed by atoms with van der Waals surface area (Å²) in [4.78, 5) is 34.1. The van der Waals surface area contributed by atoms with Crippen molar-refractivity contribution in [2.45, 2.75) is 18.4 Å². The van der Waals surface area contributed by atoms with E-state index in [2.05, 4.69) is 4.90 Å². The predicted molar refractivity (Wildman–Crippen MR) is 146 cm³/mol. The van der Waals surface area contributed by atoms with Gasteiger partial charge in [-0.25, -0.2) is 0 Å². The van der Waals surface area contributed by atoms with E-state index >= 15 is 0 Å². The lowest BCUT2D eigenvalue weighted by molar-refractivity contribution is -0.135. The van der Waals surface area contributed by atoms with E-state index < -0.39 is 12.0 Å². The summed E-state index contributed by atoms with van der Waals surface area (Å²) in [6.07, 6.45) is 0.694. The normalized spacial score (nSPS) is 20.4. The molecule has 0 aliphatic carbocycles. The molecule has 3 aromatic rings. The molecule has 1 fully saturated rings. The molecule has 38 heavy (non-hydrogen) atoms. The van der Waals surface area contributed by atoms with Gasteiger partial charge in [-0.3, -0.25) is 9.59 Å². The lowest BCUT2D eigenvalue weighted by Crippen LogP contribution is -2.54. The van der Waals surface area contributed by atoms with Crippen LogP contribution < -0.4 is 14.4 Å². The summed E-state index contributed by atoms with van der Waals surface area (Å²) in [6, 6.07) is 18.9. The number of nitrogens with zero attached hydrogens (tertiary/aromatic N) is 3. The fourth-order valence-corrected chi connectivity index (χ4v) is 6.36. The molecule has 3 aliphatic rings. The van der Waals surface area contributed by atoms with Gasteiger partial charge in [-0.2, -0.15) is 0 Å². The van der Waals surface area contributed by atoms with Crippen LogP contribution in [0.4, 0.5) is 5.69 Å². The van der Waals surface area contributed by atoms with Gasteiger partial charge in [0, 0.05) is 49.0 Å². The number of rotatable bonds is 4. The Morgan fingerprint density at radius 3 is 2.34 bits per heavy atom. The number of anilines is 1. The molecule has 6 rings (SSSR count). The number of ether oxygens (including phenoxy) is 2. The first-order valence-corrected chi connectivity index (χ1v) is 13.3. The fraction of sp³-hybridized carbons (Fsp3) is 0.333. The van der Waals surface area contributed by atoms with Gasteiger partial charge in [0.25, 0.3) is 5.91 Å². The third-order valence-corrected chi connectivity index (χ3v) is 8.29. The molecule has 3 aromatic carbocycles. The van der Waals surface area contributed by atoms with Crippen molar-refractivity contribution >= 4 is 29.1 Å². The molecule has 8 heteroatoms. The maximum atomic E-state index is 14.4. The molecular weight excluding hydrogens is 502 g/mol. The maximum Gasteiger partial charge on any atom is 0.254 e. The molecule has 3 aliphatic heterocycles. The van der Waals surface area contributed by atoms with Crippen LogP contribution in [0.1, 0.15) is 39.0 Å². The van der Waals surface area contributed by atoms with Gasteiger partial charge in [0.1, 0.15) is 0 Å². The smallest absolute Gasteiger partial charge is 0.254 e. The first kappa shape index (κ1) is 24.6. The highest BCUT2D eigenvalue weighted by atomic mass is 35.5. The van der Waals surface area contributed by atoms with Crippen LogP contribution in [-0.2, 0) is 11.2 Å². The zero-order valence-electron chi connectivity index (χ0n) is 21.5. The summed E-state index contributed by atoms with van der Waals surface area (Å²) in [7, 11) is 3.23. The van der Waals surface area contributed by atoms with Crippen LogP contribution in [0.5, 0.6) is 11.5 Å². The third-order valence-electron chi connectivity index (χ3n) is 8.06. The molecule has 7 nitrogen and oxygen atoms in total. The Labute approximate surface area is 227 Å². The highest BCUT2D eigenvalue weighted by molar-refractivity contribution is 6.30. The largest absolute Gasteiger partial charge is 0.493 e. The standard InChI is InChI=1S/C30H30ClN3O4/c1-37-25-16-19-10-11-34-28(24(19)18-26(25)38-2)27(22-8-3-4-9-23(22)29(34)35)30(36)33-14-12-32(13-15-33)21-7-5-6-20(31)17-21/h3-9,16-18,27-28H,10-15H2,1-2H3/t27-,28-/m0/s1. The number of methoxy groups -OCH3 is 2. The van der Waals surface area contributed by atoms with Crippen molar-refractivity contribution in [3.63, 3.8) is 0 Å². The Hall–Kier alpha value is -3.71. The number of fused-ring (bicyclic) bond motifs is 4. The molecule has 0 saturated carbocycles. The van der Waals surface area contributed by atoms with Gasteiger partial charge in [-0.15, -0.1) is 0 Å². The van der Waals surface area contributed by atoms with Gasteiger partial charge in [-0.1, -0.05) is 35.9 Å². The maximum absolute atomic E-state index is 14.4. The van der Waals surface area contributed by atoms with Crippen LogP contribution >= 0.6 is 11.6 Å². The predicted octanol–water partition coefficient (Wildman–Crippen LogP) is 4.54. The van der Waals surface area contributed by atoms with Crippen molar-refractivity contribution in [3.05, 3.63) is 87.9 Å². The lowest BCUT2D eigenvalue weighted by atomic mass is 9.75. The number of amides is 2. The van der Waals surface area contributed by atoms with Crippen molar-refractivity contribution in [1.29, 1.82) is 0 Å². The molecule has 0 bridgehead atoms. The van der Waals surface area contributed by atoms with Crippen LogP contribution in [0.2, 0.25) is 5.02 Å². The molecule has 0 spiro atoms. The Morgan fingerprint density at radius 2 is 1.61 bits per heavy atom. The zero-order valence-corrected chi connectivity index (χ0v) is 22.3. The minimum atomic E-state index is -0.501. The van der Waals surface area contributed by atoms with Gasteiger partial charge >= 0.3 is 0 Å². The molecule has 2 amide bonds. The molecule has 0 unspecified atom stereocenters. The second-order valence-electron chi connectivity index (χ2n) is 9.96. The molecule has 196 valence electrons. The first-order valence-electron chi connectivity index (χ1n) is 12.9. The summed E-state index contributed by atoms with van der Waals surface area (Å²) in [5, 5.41) is 0.701. The van der Waals surface area contributed by atoms with Crippen molar-refractivity contribution in [1.82, 2.24) is 9.80 Å². The SMILES string of the molecule is COc1cc2c(cc1OC)[C@H]1[C@@H](C(=O)N3CCN(c4cccc(Cl)c4)CC3)c3ccccc3C(=O)N1CC2. The van der Waals surface area contributed by atoms with Crippen LogP contribution in [0.3, 0.4) is 0 Å². The van der Waals surface area contributed by atoms with Crippen molar-refractivity contribution in [3.8, 4) is 11.5 Å². The minimum Gasteiger partial charge on any atom is -0.493 e. The van der Waals surface area contributed by atoms with Crippen LogP contribution in [0.25, 0.3) is 0 Å². The van der Waals surface area contributed by atoms with Crippen LogP contribution in [0, 0.1) is 0 Å². The Kier molecular flexibility index (Phi) is 6.40. The molecule has 1 saturated heterocycles. The zero-order chi connectivity index (χ0) is 26.4. The Balaban J connectivity index is 1.37. The van der Waals surface area contributed by atoms with E-state index in [9.17, 15) is 9.59 Å². The molecule has 0 N–H and O–H groups in total. The number of piperazine rings is 1. The lowest BCUT2D eigenvalue weighted by Gasteiger charge is -2.47. The minimum absolute atomic E-state index is 0.0270. The number of hydrogen-bond donors (Lipinski definition) is 0. The Bertz CT molecular complexity index is 1400. The van der Waals surface area contributed by atoms with Gasteiger partial charge in [0.15, 0.2) is 11.5 Å². The summed E-state index contributed by atoms with van der Waals surface area (Å²) < 4.78 is 11.2. The summed E-state index contributed by atoms with van der Waals surface area (Å²) in [5.74, 6) is 0.774. The van der Waals surface area contributed by atoms with Crippen molar-refractivity contribution < 1.29 is 19.1 Å². The average Bonchev–Trinajstić information content (AvgIpc) is 2.96. The topological polar surface area (TPSA) is 62.3 Å². The van der Waals surface area contributed by atoms with E-state index in [1.54, 1.807) is 14.2 Å². The monoisotopic (exact) mass is 531 g/mol. The van der Waals surface area contributed by atoms with Gasteiger partial charge in [0.2, 0.25) is 5.91 Å². The van der Waals surface area contributed by atoms with E-state index in [4.69, 9.17) is 21.1 Å². The van der Waals surface area contributed by atoms with E-state index in [0.717, 1.165) is 35.5 Å². The van der Waals surface area contributed by atoms with Gasteiger partial charge < -0.3 is 24.2 Å². The van der Waals surface area contributed by atoms with Crippen LogP contribution in [0.15, 0.2) is 60.7 Å². The molecule has 2 atom stereocenters. The molecular formula is C30H30ClN3O4. The van der Waals surface area contributed by atoms with Gasteiger partial charge in [0.05, 0.1) is 26.2 Å². The summed E-state index contributed by atoms with van der Waals surface area (Å²) in [5.41, 5.74) is 4.51. The first-order chi connectivity index (χ1) is 18.5. The second kappa shape index (κ2) is 9.87.